The van der Waals surface area contributed by atoms with Crippen LogP contribution in [0.2, 0.25) is 0 Å². The number of anilines is 1. The number of fused-ring (bicyclic) bond motifs is 1. The number of para-hydroxylation sites is 1. The summed E-state index contributed by atoms with van der Waals surface area (Å²) in [6, 6.07) is 22.2. The second kappa shape index (κ2) is 8.57. The summed E-state index contributed by atoms with van der Waals surface area (Å²) in [4.78, 5) is 29.3. The minimum absolute atomic E-state index is 0.0467. The largest absolute Gasteiger partial charge is 0.445 e. The van der Waals surface area contributed by atoms with Crippen molar-refractivity contribution in [3.05, 3.63) is 101 Å². The maximum Gasteiger partial charge on any atom is 0.409 e. The number of halogens is 1. The van der Waals surface area contributed by atoms with Gasteiger partial charge in [0.2, 0.25) is 6.17 Å². The highest BCUT2D eigenvalue weighted by Gasteiger charge is 2.28. The Balaban J connectivity index is 1.61. The molecule has 0 bridgehead atoms. The molecule has 2 amide bonds. The average Bonchev–Trinajstić information content (AvgIpc) is 2.90. The van der Waals surface area contributed by atoms with Crippen LogP contribution in [0.5, 0.6) is 0 Å². The van der Waals surface area contributed by atoms with Crippen LogP contribution in [0.15, 0.2) is 83.9 Å². The molecule has 0 fully saturated rings. The van der Waals surface area contributed by atoms with Crippen molar-refractivity contribution in [3.8, 4) is 0 Å². The van der Waals surface area contributed by atoms with Crippen molar-refractivity contribution in [3.63, 3.8) is 0 Å². The van der Waals surface area contributed by atoms with Crippen LogP contribution in [0.3, 0.4) is 0 Å². The third-order valence-electron chi connectivity index (χ3n) is 4.54. The molecule has 0 spiro atoms. The first-order valence-corrected chi connectivity index (χ1v) is 9.32. The van der Waals surface area contributed by atoms with E-state index in [-0.39, 0.29) is 17.9 Å². The molecule has 1 heterocycles. The minimum atomic E-state index is -1.28. The van der Waals surface area contributed by atoms with Gasteiger partial charge >= 0.3 is 6.09 Å². The maximum absolute atomic E-state index is 14.5. The summed E-state index contributed by atoms with van der Waals surface area (Å²) in [6.45, 7) is 0.0467. The minimum Gasteiger partial charge on any atom is -0.445 e. The van der Waals surface area contributed by atoms with E-state index in [0.29, 0.717) is 11.3 Å². The predicted octanol–water partition coefficient (Wildman–Crippen LogP) is 3.87. The Bertz CT molecular complexity index is 1120. The molecule has 1 unspecified atom stereocenters. The summed E-state index contributed by atoms with van der Waals surface area (Å²) < 4.78 is 19.7. The predicted molar refractivity (Wildman–Crippen MR) is 111 cm³/mol. The lowest BCUT2D eigenvalue weighted by Crippen LogP contribution is -2.42. The van der Waals surface area contributed by atoms with Crippen LogP contribution in [-0.2, 0) is 16.1 Å². The fourth-order valence-corrected chi connectivity index (χ4v) is 3.10. The van der Waals surface area contributed by atoms with Crippen LogP contribution in [0.4, 0.5) is 14.9 Å². The number of carbonyl (C=O) groups excluding carboxylic acids is 2. The van der Waals surface area contributed by atoms with Crippen LogP contribution in [0, 0.1) is 5.82 Å². The van der Waals surface area contributed by atoms with Gasteiger partial charge in [-0.1, -0.05) is 60.7 Å². The molecule has 4 rings (SSSR count). The molecule has 0 saturated carbocycles. The summed E-state index contributed by atoms with van der Waals surface area (Å²) >= 11 is 0. The number of amides is 2. The number of rotatable bonds is 4. The zero-order valence-electron chi connectivity index (χ0n) is 15.8. The van der Waals surface area contributed by atoms with Gasteiger partial charge in [0.25, 0.3) is 5.91 Å². The van der Waals surface area contributed by atoms with Gasteiger partial charge in [-0.25, -0.2) is 14.2 Å². The molecule has 0 saturated heterocycles. The summed E-state index contributed by atoms with van der Waals surface area (Å²) in [5.41, 5.74) is 2.33. The topological polar surface area (TPSA) is 79.8 Å². The lowest BCUT2D eigenvalue weighted by molar-refractivity contribution is -0.117. The van der Waals surface area contributed by atoms with Crippen molar-refractivity contribution in [2.45, 2.75) is 12.8 Å². The number of ether oxygens (including phenoxy) is 1. The molecule has 2 N–H and O–H groups in total. The second-order valence-corrected chi connectivity index (χ2v) is 6.60. The monoisotopic (exact) mass is 403 g/mol. The van der Waals surface area contributed by atoms with Crippen molar-refractivity contribution in [1.82, 2.24) is 5.32 Å². The smallest absolute Gasteiger partial charge is 0.409 e. The summed E-state index contributed by atoms with van der Waals surface area (Å²) in [6.07, 6.45) is -2.09. The molecule has 3 aromatic rings. The van der Waals surface area contributed by atoms with Gasteiger partial charge in [0, 0.05) is 11.1 Å². The van der Waals surface area contributed by atoms with Gasteiger partial charge in [-0.05, 0) is 23.8 Å². The van der Waals surface area contributed by atoms with Gasteiger partial charge in [-0.3, -0.25) is 10.1 Å². The molecular formula is C23H18FN3O3. The Morgan fingerprint density at radius 3 is 2.40 bits per heavy atom. The molecule has 0 radical (unpaired) electrons. The zero-order valence-corrected chi connectivity index (χ0v) is 15.8. The first-order valence-electron chi connectivity index (χ1n) is 9.32. The summed E-state index contributed by atoms with van der Waals surface area (Å²) in [5.74, 6) is -1.03. The molecular weight excluding hydrogens is 385 g/mol. The van der Waals surface area contributed by atoms with Gasteiger partial charge < -0.3 is 10.1 Å². The number of aliphatic imine (C=N–C) groups is 1. The van der Waals surface area contributed by atoms with E-state index in [1.54, 1.807) is 42.5 Å². The van der Waals surface area contributed by atoms with Gasteiger partial charge in [-0.15, -0.1) is 0 Å². The highest BCUT2D eigenvalue weighted by molar-refractivity contribution is 6.19. The number of hydrogen-bond donors (Lipinski definition) is 2. The number of nitrogens with zero attached hydrogens (tertiary/aromatic N) is 1. The van der Waals surface area contributed by atoms with Crippen LogP contribution in [-0.4, -0.2) is 23.9 Å². The second-order valence-electron chi connectivity index (χ2n) is 6.60. The Labute approximate surface area is 172 Å². The molecule has 1 aliphatic rings. The molecule has 7 heteroatoms. The molecule has 0 aliphatic carbocycles. The third-order valence-corrected chi connectivity index (χ3v) is 4.54. The van der Waals surface area contributed by atoms with Crippen LogP contribution >= 0.6 is 0 Å². The van der Waals surface area contributed by atoms with E-state index in [1.165, 1.54) is 6.07 Å². The zero-order chi connectivity index (χ0) is 20.9. The quantitative estimate of drug-likeness (QED) is 0.694. The summed E-state index contributed by atoms with van der Waals surface area (Å²) in [5, 5.41) is 5.17. The Morgan fingerprint density at radius 1 is 0.967 bits per heavy atom. The van der Waals surface area contributed by atoms with Crippen molar-refractivity contribution >= 4 is 23.4 Å². The first kappa shape index (κ1) is 19.3. The Morgan fingerprint density at radius 2 is 1.63 bits per heavy atom. The highest BCUT2D eigenvalue weighted by atomic mass is 19.1. The number of nitrogens with one attached hydrogen (secondary N) is 2. The summed E-state index contributed by atoms with van der Waals surface area (Å²) in [7, 11) is 0. The molecule has 150 valence electrons. The lowest BCUT2D eigenvalue weighted by atomic mass is 10.0. The van der Waals surface area contributed by atoms with Gasteiger partial charge in [0.15, 0.2) is 0 Å². The van der Waals surface area contributed by atoms with Crippen molar-refractivity contribution < 1.29 is 18.7 Å². The highest BCUT2D eigenvalue weighted by Crippen LogP contribution is 2.25. The number of alkyl carbamates (subject to hydrolysis) is 1. The van der Waals surface area contributed by atoms with E-state index in [0.717, 1.165) is 5.56 Å². The first-order chi connectivity index (χ1) is 14.6. The van der Waals surface area contributed by atoms with E-state index in [9.17, 15) is 14.0 Å². The van der Waals surface area contributed by atoms with Crippen molar-refractivity contribution in [1.29, 1.82) is 0 Å². The fourth-order valence-electron chi connectivity index (χ4n) is 3.10. The van der Waals surface area contributed by atoms with E-state index in [1.807, 2.05) is 30.3 Å². The normalized spacial score (nSPS) is 15.3. The standard InChI is InChI=1S/C23H18FN3O3/c24-18-12-6-4-10-16(18)20-17-11-5-7-13-19(17)25-22(28)21(26-20)27-23(29)30-14-15-8-2-1-3-9-15/h1-13,21H,14H2,(H,25,28)(H,27,29). The molecule has 3 aromatic carbocycles. The maximum atomic E-state index is 14.5. The van der Waals surface area contributed by atoms with E-state index < -0.39 is 24.0 Å². The van der Waals surface area contributed by atoms with Crippen LogP contribution < -0.4 is 10.6 Å². The molecule has 1 atom stereocenters. The van der Waals surface area contributed by atoms with Crippen LogP contribution in [0.1, 0.15) is 16.7 Å². The Hall–Kier alpha value is -4.00. The van der Waals surface area contributed by atoms with Crippen molar-refractivity contribution in [2.75, 3.05) is 5.32 Å². The van der Waals surface area contributed by atoms with E-state index in [4.69, 9.17) is 4.74 Å². The number of benzodiazepines with no additional fused rings is 1. The average molecular weight is 403 g/mol. The SMILES string of the molecule is O=C(NC1N=C(c2ccccc2F)c2ccccc2NC1=O)OCc1ccccc1. The molecule has 1 aliphatic heterocycles. The number of hydrogen-bond acceptors (Lipinski definition) is 4. The van der Waals surface area contributed by atoms with E-state index in [2.05, 4.69) is 15.6 Å². The molecule has 30 heavy (non-hydrogen) atoms. The van der Waals surface area contributed by atoms with Crippen molar-refractivity contribution in [2.24, 2.45) is 4.99 Å². The number of carbonyl (C=O) groups is 2. The van der Waals surface area contributed by atoms with Gasteiger partial charge in [-0.2, -0.15) is 0 Å². The number of benzene rings is 3. The van der Waals surface area contributed by atoms with Gasteiger partial charge in [0.1, 0.15) is 12.4 Å². The van der Waals surface area contributed by atoms with Crippen LogP contribution in [0.25, 0.3) is 0 Å². The lowest BCUT2D eigenvalue weighted by Gasteiger charge is -2.13. The molecule has 0 aromatic heterocycles. The Kier molecular flexibility index (Phi) is 5.52. The van der Waals surface area contributed by atoms with E-state index >= 15 is 0 Å². The fraction of sp³-hybridized carbons (Fsp3) is 0.0870. The third kappa shape index (κ3) is 4.20. The van der Waals surface area contributed by atoms with Gasteiger partial charge in [0.05, 0.1) is 11.4 Å². The molecule has 6 nitrogen and oxygen atoms in total.